The normalized spacial score (nSPS) is 10.6. The average Bonchev–Trinajstić information content (AvgIpc) is 2.77. The maximum absolute atomic E-state index is 10.7. The molecule has 2 rings (SSSR count). The van der Waals surface area contributed by atoms with Gasteiger partial charge < -0.3 is 5.32 Å². The van der Waals surface area contributed by atoms with Gasteiger partial charge in [0.15, 0.2) is 0 Å². The number of aryl methyl sites for hydroxylation is 1. The largest absolute Gasteiger partial charge is 0.314 e. The third kappa shape index (κ3) is 2.35. The van der Waals surface area contributed by atoms with E-state index in [1.54, 1.807) is 16.9 Å². The van der Waals surface area contributed by atoms with Gasteiger partial charge in [-0.3, -0.25) is 10.1 Å². The van der Waals surface area contributed by atoms with Crippen LogP contribution in [-0.2, 0) is 6.54 Å². The molecule has 94 valence electrons. The molecule has 0 saturated heterocycles. The summed E-state index contributed by atoms with van der Waals surface area (Å²) in [5, 5.41) is 21.6. The van der Waals surface area contributed by atoms with E-state index >= 15 is 0 Å². The first-order chi connectivity index (χ1) is 8.61. The lowest BCUT2D eigenvalue weighted by atomic mass is 10.2. The van der Waals surface area contributed by atoms with Gasteiger partial charge in [-0.05, 0) is 25.6 Å². The topological polar surface area (TPSA) is 85.9 Å². The van der Waals surface area contributed by atoms with Gasteiger partial charge in [-0.25, -0.2) is 4.68 Å². The van der Waals surface area contributed by atoms with Crippen LogP contribution in [0.2, 0.25) is 0 Å². The molecular weight excluding hydrogens is 234 g/mol. The predicted molar refractivity (Wildman–Crippen MR) is 65.5 cm³/mol. The first kappa shape index (κ1) is 12.2. The second-order valence-corrected chi connectivity index (χ2v) is 3.91. The molecule has 0 bridgehead atoms. The molecule has 0 saturated carbocycles. The molecule has 0 amide bonds. The smallest absolute Gasteiger partial charge is 0.269 e. The number of nitro benzene ring substituents is 1. The molecule has 0 fully saturated rings. The van der Waals surface area contributed by atoms with E-state index in [0.29, 0.717) is 6.54 Å². The summed E-state index contributed by atoms with van der Waals surface area (Å²) in [5.74, 6) is 0. The molecular formula is C11H13N5O2. The molecule has 0 radical (unpaired) electrons. The van der Waals surface area contributed by atoms with Crippen LogP contribution in [0.5, 0.6) is 0 Å². The van der Waals surface area contributed by atoms with Crippen molar-refractivity contribution in [1.82, 2.24) is 20.3 Å². The van der Waals surface area contributed by atoms with E-state index in [1.165, 1.54) is 12.1 Å². The summed E-state index contributed by atoms with van der Waals surface area (Å²) in [6, 6.07) is 4.65. The van der Waals surface area contributed by atoms with E-state index in [9.17, 15) is 10.1 Å². The fourth-order valence-corrected chi connectivity index (χ4v) is 1.69. The lowest BCUT2D eigenvalue weighted by molar-refractivity contribution is -0.384. The highest BCUT2D eigenvalue weighted by atomic mass is 16.6. The first-order valence-corrected chi connectivity index (χ1v) is 5.43. The quantitative estimate of drug-likeness (QED) is 0.648. The summed E-state index contributed by atoms with van der Waals surface area (Å²) in [4.78, 5) is 10.2. The van der Waals surface area contributed by atoms with E-state index in [2.05, 4.69) is 15.6 Å². The molecule has 0 atom stereocenters. The van der Waals surface area contributed by atoms with E-state index in [0.717, 1.165) is 16.9 Å². The number of nitrogens with zero attached hydrogens (tertiary/aromatic N) is 4. The van der Waals surface area contributed by atoms with E-state index in [-0.39, 0.29) is 5.69 Å². The average molecular weight is 247 g/mol. The van der Waals surface area contributed by atoms with Crippen molar-refractivity contribution >= 4 is 5.69 Å². The molecule has 2 aromatic rings. The summed E-state index contributed by atoms with van der Waals surface area (Å²) < 4.78 is 1.62. The van der Waals surface area contributed by atoms with Crippen LogP contribution in [0.4, 0.5) is 5.69 Å². The Morgan fingerprint density at radius 3 is 2.89 bits per heavy atom. The van der Waals surface area contributed by atoms with Crippen molar-refractivity contribution in [2.24, 2.45) is 0 Å². The second-order valence-electron chi connectivity index (χ2n) is 3.91. The van der Waals surface area contributed by atoms with Crippen LogP contribution in [0.15, 0.2) is 24.4 Å². The molecule has 1 aromatic heterocycles. The number of rotatable bonds is 4. The van der Waals surface area contributed by atoms with Crippen LogP contribution in [0, 0.1) is 17.0 Å². The number of benzene rings is 1. The highest BCUT2D eigenvalue weighted by molar-refractivity contribution is 5.47. The molecule has 1 aromatic carbocycles. The molecule has 0 aliphatic heterocycles. The van der Waals surface area contributed by atoms with Gasteiger partial charge in [0.25, 0.3) is 5.69 Å². The van der Waals surface area contributed by atoms with Gasteiger partial charge in [-0.2, -0.15) is 0 Å². The molecule has 0 aliphatic rings. The van der Waals surface area contributed by atoms with Crippen molar-refractivity contribution in [3.05, 3.63) is 45.8 Å². The molecule has 0 spiro atoms. The Morgan fingerprint density at radius 2 is 2.28 bits per heavy atom. The number of aromatic nitrogens is 3. The van der Waals surface area contributed by atoms with Crippen molar-refractivity contribution in [1.29, 1.82) is 0 Å². The van der Waals surface area contributed by atoms with Crippen LogP contribution in [0.25, 0.3) is 5.69 Å². The van der Waals surface area contributed by atoms with Crippen LogP contribution >= 0.6 is 0 Å². The zero-order valence-electron chi connectivity index (χ0n) is 10.1. The van der Waals surface area contributed by atoms with Gasteiger partial charge in [0.2, 0.25) is 0 Å². The Balaban J connectivity index is 2.35. The van der Waals surface area contributed by atoms with Gasteiger partial charge in [0, 0.05) is 18.7 Å². The predicted octanol–water partition coefficient (Wildman–Crippen LogP) is 1.20. The molecule has 7 heteroatoms. The molecule has 1 heterocycles. The Bertz CT molecular complexity index is 579. The van der Waals surface area contributed by atoms with Gasteiger partial charge in [-0.15, -0.1) is 5.10 Å². The van der Waals surface area contributed by atoms with Crippen LogP contribution < -0.4 is 5.32 Å². The fourth-order valence-electron chi connectivity index (χ4n) is 1.69. The maximum Gasteiger partial charge on any atom is 0.269 e. The Hall–Kier alpha value is -2.28. The summed E-state index contributed by atoms with van der Waals surface area (Å²) >= 11 is 0. The second kappa shape index (κ2) is 4.92. The van der Waals surface area contributed by atoms with Gasteiger partial charge in [-0.1, -0.05) is 5.21 Å². The summed E-state index contributed by atoms with van der Waals surface area (Å²) in [5.41, 5.74) is 2.46. The molecule has 1 N–H and O–H groups in total. The van der Waals surface area contributed by atoms with Crippen LogP contribution in [0.3, 0.4) is 0 Å². The zero-order valence-corrected chi connectivity index (χ0v) is 10.1. The molecule has 0 unspecified atom stereocenters. The van der Waals surface area contributed by atoms with Crippen molar-refractivity contribution in [2.45, 2.75) is 13.5 Å². The standard InChI is InChI=1S/C11H13N5O2/c1-8-5-10(16(17)18)3-4-11(8)15-7-9(6-12-2)13-14-15/h3-5,7,12H,6H2,1-2H3. The molecule has 18 heavy (non-hydrogen) atoms. The highest BCUT2D eigenvalue weighted by Gasteiger charge is 2.10. The van der Waals surface area contributed by atoms with Gasteiger partial charge >= 0.3 is 0 Å². The Labute approximate surface area is 104 Å². The summed E-state index contributed by atoms with van der Waals surface area (Å²) in [7, 11) is 1.83. The minimum Gasteiger partial charge on any atom is -0.314 e. The minimum atomic E-state index is -0.412. The zero-order chi connectivity index (χ0) is 13.1. The molecule has 0 aliphatic carbocycles. The summed E-state index contributed by atoms with van der Waals surface area (Å²) in [6.45, 7) is 2.44. The van der Waals surface area contributed by atoms with Crippen LogP contribution in [-0.4, -0.2) is 27.0 Å². The molecule has 7 nitrogen and oxygen atoms in total. The van der Waals surface area contributed by atoms with Gasteiger partial charge in [0.1, 0.15) is 0 Å². The Kier molecular flexibility index (Phi) is 3.33. The summed E-state index contributed by atoms with van der Waals surface area (Å²) in [6.07, 6.45) is 1.80. The number of non-ortho nitro benzene ring substituents is 1. The Morgan fingerprint density at radius 1 is 1.50 bits per heavy atom. The first-order valence-electron chi connectivity index (χ1n) is 5.43. The number of hydrogen-bond donors (Lipinski definition) is 1. The SMILES string of the molecule is CNCc1cn(-c2ccc([N+](=O)[O-])cc2C)nn1. The lowest BCUT2D eigenvalue weighted by Gasteiger charge is -2.04. The van der Waals surface area contributed by atoms with E-state index < -0.39 is 4.92 Å². The number of nitro groups is 1. The van der Waals surface area contributed by atoms with E-state index in [1.807, 2.05) is 14.0 Å². The minimum absolute atomic E-state index is 0.0758. The maximum atomic E-state index is 10.7. The number of hydrogen-bond acceptors (Lipinski definition) is 5. The monoisotopic (exact) mass is 247 g/mol. The van der Waals surface area contributed by atoms with Crippen molar-refractivity contribution in [3.8, 4) is 5.69 Å². The van der Waals surface area contributed by atoms with E-state index in [4.69, 9.17) is 0 Å². The van der Waals surface area contributed by atoms with Crippen molar-refractivity contribution < 1.29 is 4.92 Å². The van der Waals surface area contributed by atoms with Crippen molar-refractivity contribution in [2.75, 3.05) is 7.05 Å². The third-order valence-corrected chi connectivity index (χ3v) is 2.54. The van der Waals surface area contributed by atoms with Gasteiger partial charge in [0.05, 0.1) is 22.5 Å². The third-order valence-electron chi connectivity index (χ3n) is 2.54. The fraction of sp³-hybridized carbons (Fsp3) is 0.273. The lowest BCUT2D eigenvalue weighted by Crippen LogP contribution is -2.05. The van der Waals surface area contributed by atoms with Crippen molar-refractivity contribution in [3.63, 3.8) is 0 Å². The van der Waals surface area contributed by atoms with Crippen LogP contribution in [0.1, 0.15) is 11.3 Å². The number of nitrogens with one attached hydrogen (secondary N) is 1. The highest BCUT2D eigenvalue weighted by Crippen LogP contribution is 2.19.